The van der Waals surface area contributed by atoms with Crippen LogP contribution in [0.4, 0.5) is 5.69 Å². The molecule has 0 radical (unpaired) electrons. The Morgan fingerprint density at radius 1 is 0.865 bits per heavy atom. The van der Waals surface area contributed by atoms with Crippen molar-refractivity contribution in [3.05, 3.63) is 77.2 Å². The predicted octanol–water partition coefficient (Wildman–Crippen LogP) is 7.05. The lowest BCUT2D eigenvalue weighted by Gasteiger charge is -2.41. The van der Waals surface area contributed by atoms with Crippen LogP contribution in [0.15, 0.2) is 60.7 Å². The quantitative estimate of drug-likeness (QED) is 0.312. The Labute approximate surface area is 220 Å². The van der Waals surface area contributed by atoms with Gasteiger partial charge in [0, 0.05) is 48.4 Å². The summed E-state index contributed by atoms with van der Waals surface area (Å²) < 4.78 is 2.30. The minimum Gasteiger partial charge on any atom is -0.365 e. The van der Waals surface area contributed by atoms with Crippen molar-refractivity contribution >= 4 is 22.2 Å². The average molecular weight is 491 g/mol. The van der Waals surface area contributed by atoms with Gasteiger partial charge in [-0.2, -0.15) is 0 Å². The topological polar surface area (TPSA) is 35.3 Å². The largest absolute Gasteiger partial charge is 0.365 e. The van der Waals surface area contributed by atoms with Crippen molar-refractivity contribution in [2.24, 2.45) is 7.05 Å². The van der Waals surface area contributed by atoms with Crippen molar-refractivity contribution in [3.63, 3.8) is 0 Å². The predicted molar refractivity (Wildman–Crippen MR) is 156 cm³/mol. The molecule has 2 aromatic rings. The molecule has 6 rings (SSSR count). The van der Waals surface area contributed by atoms with E-state index in [1.807, 2.05) is 12.1 Å². The molecule has 0 unspecified atom stereocenters. The van der Waals surface area contributed by atoms with Gasteiger partial charge in [-0.15, -0.1) is 0 Å². The summed E-state index contributed by atoms with van der Waals surface area (Å²) in [4.78, 5) is 4.97. The number of anilines is 1. The lowest BCUT2D eigenvalue weighted by Crippen LogP contribution is -2.42. The molecule has 3 heterocycles. The minimum atomic E-state index is -0.0401. The molecule has 0 atom stereocenters. The fraction of sp³-hybridized carbons (Fsp3) is 0.364. The van der Waals surface area contributed by atoms with E-state index in [0.29, 0.717) is 5.36 Å². The number of hydrogen-bond donors (Lipinski definition) is 1. The number of benzene rings is 3. The van der Waals surface area contributed by atoms with Crippen LogP contribution >= 0.6 is 0 Å². The van der Waals surface area contributed by atoms with Crippen molar-refractivity contribution in [1.29, 1.82) is 5.41 Å². The zero-order valence-electron chi connectivity index (χ0n) is 22.9. The molecule has 1 fully saturated rings. The fourth-order valence-corrected chi connectivity index (χ4v) is 6.56. The summed E-state index contributed by atoms with van der Waals surface area (Å²) in [5, 5.41) is 10.2. The van der Waals surface area contributed by atoms with E-state index in [4.69, 9.17) is 5.41 Å². The first-order valence-corrected chi connectivity index (χ1v) is 13.6. The van der Waals surface area contributed by atoms with Crippen LogP contribution in [0, 0.1) is 5.41 Å². The molecule has 0 saturated carbocycles. The van der Waals surface area contributed by atoms with E-state index in [9.17, 15) is 0 Å². The minimum absolute atomic E-state index is 0.0401. The van der Waals surface area contributed by atoms with Crippen molar-refractivity contribution in [3.8, 4) is 22.4 Å². The Bertz CT molecular complexity index is 1550. The third kappa shape index (κ3) is 3.99. The van der Waals surface area contributed by atoms with Crippen molar-refractivity contribution in [2.75, 3.05) is 25.0 Å². The molecule has 0 spiro atoms. The van der Waals surface area contributed by atoms with Gasteiger partial charge in [0.15, 0.2) is 0 Å². The van der Waals surface area contributed by atoms with Crippen molar-refractivity contribution < 1.29 is 0 Å². The molecule has 1 aliphatic carbocycles. The number of likely N-dealkylation sites (N-methyl/N-ethyl adjacent to an activating group) is 1. The number of likely N-dealkylation sites (tertiary alicyclic amines) is 1. The maximum absolute atomic E-state index is 8.38. The SMILES string of the molecule is CC1=CC(C)(C)N(C)c2ccc3c(-c4ccc(CN5CCCCC5)cc4)c4ccc(=N)cc-4n(C)c3c21. The molecule has 4 heteroatoms. The highest BCUT2D eigenvalue weighted by Crippen LogP contribution is 2.47. The zero-order chi connectivity index (χ0) is 25.9. The molecule has 0 aromatic heterocycles. The van der Waals surface area contributed by atoms with Gasteiger partial charge in [-0.25, -0.2) is 0 Å². The number of hydrogen-bond acceptors (Lipinski definition) is 3. The molecule has 1 saturated heterocycles. The van der Waals surface area contributed by atoms with Gasteiger partial charge in [0.25, 0.3) is 0 Å². The first kappa shape index (κ1) is 24.0. The summed E-state index contributed by atoms with van der Waals surface area (Å²) >= 11 is 0. The third-order valence-corrected chi connectivity index (χ3v) is 8.68. The maximum Gasteiger partial charge on any atom is 0.0585 e. The zero-order valence-corrected chi connectivity index (χ0v) is 22.9. The summed E-state index contributed by atoms with van der Waals surface area (Å²) in [5.41, 5.74) is 11.2. The Morgan fingerprint density at radius 2 is 1.59 bits per heavy atom. The number of allylic oxidation sites excluding steroid dienone is 1. The lowest BCUT2D eigenvalue weighted by molar-refractivity contribution is 0.221. The number of rotatable bonds is 3. The molecular weight excluding hydrogens is 452 g/mol. The molecule has 0 amide bonds. The second kappa shape index (κ2) is 8.88. The van der Waals surface area contributed by atoms with E-state index in [1.165, 1.54) is 82.3 Å². The molecule has 4 aliphatic rings. The molecule has 2 aromatic carbocycles. The van der Waals surface area contributed by atoms with E-state index in [1.54, 1.807) is 0 Å². The smallest absolute Gasteiger partial charge is 0.0585 e. The second-order valence-corrected chi connectivity index (χ2v) is 11.6. The third-order valence-electron chi connectivity index (χ3n) is 8.68. The highest BCUT2D eigenvalue weighted by atomic mass is 15.2. The number of fused-ring (bicyclic) bond motifs is 4. The second-order valence-electron chi connectivity index (χ2n) is 11.6. The highest BCUT2D eigenvalue weighted by molar-refractivity contribution is 6.09. The monoisotopic (exact) mass is 490 g/mol. The van der Waals surface area contributed by atoms with E-state index in [2.05, 4.69) is 97.8 Å². The number of piperidine rings is 1. The van der Waals surface area contributed by atoms with Gasteiger partial charge in [-0.3, -0.25) is 4.90 Å². The van der Waals surface area contributed by atoms with Gasteiger partial charge >= 0.3 is 0 Å². The van der Waals surface area contributed by atoms with Crippen LogP contribution < -0.4 is 10.3 Å². The molecule has 190 valence electrons. The molecule has 3 aliphatic heterocycles. The normalized spacial score (nSPS) is 17.8. The highest BCUT2D eigenvalue weighted by Gasteiger charge is 2.31. The number of nitrogens with zero attached hydrogens (tertiary/aromatic N) is 3. The van der Waals surface area contributed by atoms with Crippen LogP contribution in [0.3, 0.4) is 0 Å². The summed E-state index contributed by atoms with van der Waals surface area (Å²) in [6.07, 6.45) is 6.39. The molecule has 37 heavy (non-hydrogen) atoms. The Balaban J connectivity index is 1.58. The van der Waals surface area contributed by atoms with Gasteiger partial charge in [0.05, 0.1) is 22.1 Å². The number of nitrogens with one attached hydrogen (secondary N) is 1. The fourth-order valence-electron chi connectivity index (χ4n) is 6.56. The first-order chi connectivity index (χ1) is 17.7. The van der Waals surface area contributed by atoms with Crippen LogP contribution in [-0.4, -0.2) is 35.1 Å². The standard InChI is InChI=1S/C33H38N4/c1-22-20-33(2,3)36(5)28-16-15-27-31(24-11-9-23(10-12-24)21-37-17-7-6-8-18-37)26-14-13-25(34)19-29(26)35(4)32(27)30(22)28/h9-16,19-20,34H,6-8,17-18,21H2,1-5H3. The summed E-state index contributed by atoms with van der Waals surface area (Å²) in [6.45, 7) is 10.2. The van der Waals surface area contributed by atoms with Crippen LogP contribution in [0.5, 0.6) is 0 Å². The molecular formula is C33H38N4. The molecule has 0 bridgehead atoms. The van der Waals surface area contributed by atoms with E-state index < -0.39 is 0 Å². The van der Waals surface area contributed by atoms with E-state index in [0.717, 1.165) is 12.2 Å². The summed E-state index contributed by atoms with van der Waals surface area (Å²) in [5.74, 6) is 0. The number of aromatic nitrogens is 1. The molecule has 1 N–H and O–H groups in total. The maximum atomic E-state index is 8.38. The number of pyridine rings is 1. The van der Waals surface area contributed by atoms with Crippen LogP contribution in [0.25, 0.3) is 38.9 Å². The van der Waals surface area contributed by atoms with Gasteiger partial charge in [0.1, 0.15) is 0 Å². The summed E-state index contributed by atoms with van der Waals surface area (Å²) in [6, 6.07) is 19.9. The van der Waals surface area contributed by atoms with Gasteiger partial charge in [0.2, 0.25) is 0 Å². The van der Waals surface area contributed by atoms with Crippen LogP contribution in [0.2, 0.25) is 0 Å². The Hall–Kier alpha value is -3.37. The van der Waals surface area contributed by atoms with Crippen molar-refractivity contribution in [1.82, 2.24) is 9.47 Å². The first-order valence-electron chi connectivity index (χ1n) is 13.6. The Morgan fingerprint density at radius 3 is 2.32 bits per heavy atom. The number of aryl methyl sites for hydroxylation is 1. The van der Waals surface area contributed by atoms with E-state index in [-0.39, 0.29) is 5.54 Å². The molecule has 4 nitrogen and oxygen atoms in total. The van der Waals surface area contributed by atoms with Gasteiger partial charge in [-0.05, 0) is 81.6 Å². The summed E-state index contributed by atoms with van der Waals surface area (Å²) in [7, 11) is 4.35. The van der Waals surface area contributed by atoms with Crippen molar-refractivity contribution in [2.45, 2.75) is 52.1 Å². The lowest BCUT2D eigenvalue weighted by atomic mass is 9.85. The Kier molecular flexibility index (Phi) is 5.76. The van der Waals surface area contributed by atoms with E-state index >= 15 is 0 Å². The van der Waals surface area contributed by atoms with Crippen LogP contribution in [0.1, 0.15) is 51.2 Å². The average Bonchev–Trinajstić information content (AvgIpc) is 2.88. The van der Waals surface area contributed by atoms with Crippen LogP contribution in [-0.2, 0) is 13.6 Å². The van der Waals surface area contributed by atoms with Gasteiger partial charge in [-0.1, -0.05) is 48.9 Å². The van der Waals surface area contributed by atoms with Gasteiger partial charge < -0.3 is 14.9 Å².